The van der Waals surface area contributed by atoms with E-state index in [0.717, 1.165) is 18.6 Å². The highest BCUT2D eigenvalue weighted by atomic mass is 16.5. The van der Waals surface area contributed by atoms with Crippen LogP contribution >= 0.6 is 0 Å². The van der Waals surface area contributed by atoms with Crippen LogP contribution in [-0.4, -0.2) is 18.7 Å². The van der Waals surface area contributed by atoms with Gasteiger partial charge in [-0.05, 0) is 50.8 Å². The lowest BCUT2D eigenvalue weighted by molar-refractivity contribution is -0.130. The van der Waals surface area contributed by atoms with E-state index in [1.165, 1.54) is 19.4 Å². The van der Waals surface area contributed by atoms with E-state index in [-0.39, 0.29) is 11.6 Å². The van der Waals surface area contributed by atoms with Crippen molar-refractivity contribution < 1.29 is 14.3 Å². The molecular formula is C15H20O3. The van der Waals surface area contributed by atoms with Crippen LogP contribution in [0, 0.1) is 5.92 Å². The average molecular weight is 248 g/mol. The second-order valence-electron chi connectivity index (χ2n) is 4.52. The van der Waals surface area contributed by atoms with E-state index in [0.29, 0.717) is 6.42 Å². The first-order valence-corrected chi connectivity index (χ1v) is 6.18. The lowest BCUT2D eigenvalue weighted by Gasteiger charge is -2.10. The van der Waals surface area contributed by atoms with Gasteiger partial charge in [-0.15, -0.1) is 0 Å². The normalized spacial score (nSPS) is 10.4. The maximum atomic E-state index is 11.3. The minimum atomic E-state index is -0.435. The molecule has 0 aromatic heterocycles. The van der Waals surface area contributed by atoms with Gasteiger partial charge in [0.1, 0.15) is 17.3 Å². The first kappa shape index (κ1) is 14.4. The smallest absolute Gasteiger partial charge is 0.140 e. The lowest BCUT2D eigenvalue weighted by Crippen LogP contribution is -2.19. The number of hydrogen-bond acceptors (Lipinski definition) is 3. The molecule has 0 aliphatic carbocycles. The summed E-state index contributed by atoms with van der Waals surface area (Å²) < 4.78 is 5.15. The molecule has 0 fully saturated rings. The summed E-state index contributed by atoms with van der Waals surface area (Å²) >= 11 is 0. The fourth-order valence-corrected chi connectivity index (χ4v) is 2.03. The Balaban J connectivity index is 2.49. The molecule has 1 aromatic carbocycles. The van der Waals surface area contributed by atoms with Crippen LogP contribution < -0.4 is 4.74 Å². The van der Waals surface area contributed by atoms with Crippen molar-refractivity contribution in [2.45, 2.75) is 33.1 Å². The van der Waals surface area contributed by atoms with Crippen molar-refractivity contribution in [3.05, 3.63) is 29.8 Å². The highest BCUT2D eigenvalue weighted by molar-refractivity contribution is 6.00. The van der Waals surface area contributed by atoms with Gasteiger partial charge in [-0.25, -0.2) is 0 Å². The predicted octanol–water partition coefficient (Wildman–Crippen LogP) is 2.81. The number of hydrogen-bond donors (Lipinski definition) is 0. The van der Waals surface area contributed by atoms with Gasteiger partial charge in [0, 0.05) is 0 Å². The summed E-state index contributed by atoms with van der Waals surface area (Å²) in [6, 6.07) is 7.86. The largest absolute Gasteiger partial charge is 0.497 e. The van der Waals surface area contributed by atoms with E-state index < -0.39 is 5.92 Å². The van der Waals surface area contributed by atoms with E-state index >= 15 is 0 Å². The number of rotatable bonds is 7. The summed E-state index contributed by atoms with van der Waals surface area (Å²) in [5.74, 6) is 0.332. The predicted molar refractivity (Wildman–Crippen MR) is 70.8 cm³/mol. The lowest BCUT2D eigenvalue weighted by atomic mass is 9.93. The molecule has 0 amide bonds. The molecule has 0 atom stereocenters. The molecule has 0 saturated carbocycles. The van der Waals surface area contributed by atoms with Crippen LogP contribution in [0.4, 0.5) is 0 Å². The van der Waals surface area contributed by atoms with Crippen molar-refractivity contribution in [2.75, 3.05) is 7.11 Å². The molecule has 0 spiro atoms. The third-order valence-electron chi connectivity index (χ3n) is 3.07. The molecule has 0 radical (unpaired) electrons. The maximum Gasteiger partial charge on any atom is 0.140 e. The van der Waals surface area contributed by atoms with Gasteiger partial charge >= 0.3 is 0 Å². The highest BCUT2D eigenvalue weighted by Crippen LogP contribution is 2.17. The Morgan fingerprint density at radius 2 is 1.89 bits per heavy atom. The number of aryl methyl sites for hydroxylation is 1. The van der Waals surface area contributed by atoms with Crippen molar-refractivity contribution in [1.82, 2.24) is 0 Å². The number of carbonyl (C=O) groups is 2. The van der Waals surface area contributed by atoms with Crippen LogP contribution in [-0.2, 0) is 16.0 Å². The zero-order chi connectivity index (χ0) is 13.5. The van der Waals surface area contributed by atoms with Gasteiger partial charge < -0.3 is 4.74 Å². The monoisotopic (exact) mass is 248 g/mol. The zero-order valence-electron chi connectivity index (χ0n) is 11.2. The molecule has 0 unspecified atom stereocenters. The fourth-order valence-electron chi connectivity index (χ4n) is 2.03. The maximum absolute atomic E-state index is 11.3. The summed E-state index contributed by atoms with van der Waals surface area (Å²) in [5.41, 5.74) is 1.17. The molecule has 1 aromatic rings. The number of ketones is 2. The van der Waals surface area contributed by atoms with Gasteiger partial charge in [-0.1, -0.05) is 12.1 Å². The van der Waals surface area contributed by atoms with Crippen LogP contribution in [0.3, 0.4) is 0 Å². The van der Waals surface area contributed by atoms with Crippen LogP contribution in [0.2, 0.25) is 0 Å². The van der Waals surface area contributed by atoms with Gasteiger partial charge in [-0.3, -0.25) is 9.59 Å². The molecule has 0 aliphatic rings. The zero-order valence-corrected chi connectivity index (χ0v) is 11.2. The van der Waals surface area contributed by atoms with E-state index in [9.17, 15) is 9.59 Å². The molecule has 0 N–H and O–H groups in total. The third-order valence-corrected chi connectivity index (χ3v) is 3.07. The molecule has 98 valence electrons. The van der Waals surface area contributed by atoms with Crippen molar-refractivity contribution in [1.29, 1.82) is 0 Å². The van der Waals surface area contributed by atoms with Gasteiger partial charge in [0.25, 0.3) is 0 Å². The first-order chi connectivity index (χ1) is 8.54. The van der Waals surface area contributed by atoms with E-state index in [2.05, 4.69) is 0 Å². The summed E-state index contributed by atoms with van der Waals surface area (Å²) in [7, 11) is 1.64. The van der Waals surface area contributed by atoms with Gasteiger partial charge in [0.15, 0.2) is 0 Å². The van der Waals surface area contributed by atoms with Gasteiger partial charge in [0.05, 0.1) is 13.0 Å². The average Bonchev–Trinajstić information content (AvgIpc) is 2.34. The highest BCUT2D eigenvalue weighted by Gasteiger charge is 2.18. The Labute approximate surface area is 108 Å². The van der Waals surface area contributed by atoms with Gasteiger partial charge in [0.2, 0.25) is 0 Å². The van der Waals surface area contributed by atoms with Crippen LogP contribution in [0.5, 0.6) is 5.75 Å². The SMILES string of the molecule is COc1cccc(CCCC(C(C)=O)C(C)=O)c1. The van der Waals surface area contributed by atoms with Crippen LogP contribution in [0.25, 0.3) is 0 Å². The van der Waals surface area contributed by atoms with Crippen molar-refractivity contribution >= 4 is 11.6 Å². The molecular weight excluding hydrogens is 228 g/mol. The van der Waals surface area contributed by atoms with Crippen molar-refractivity contribution in [3.63, 3.8) is 0 Å². The Morgan fingerprint density at radius 1 is 1.22 bits per heavy atom. The number of Topliss-reactive ketones (excluding diaryl/α,β-unsaturated/α-hetero) is 2. The topological polar surface area (TPSA) is 43.4 Å². The second kappa shape index (κ2) is 6.94. The Morgan fingerprint density at radius 3 is 2.44 bits per heavy atom. The van der Waals surface area contributed by atoms with Crippen LogP contribution in [0.15, 0.2) is 24.3 Å². The Hall–Kier alpha value is -1.64. The van der Waals surface area contributed by atoms with Gasteiger partial charge in [-0.2, -0.15) is 0 Å². The van der Waals surface area contributed by atoms with E-state index in [1.807, 2.05) is 24.3 Å². The van der Waals surface area contributed by atoms with E-state index in [1.54, 1.807) is 7.11 Å². The Kier molecular flexibility index (Phi) is 5.56. The molecule has 3 heteroatoms. The third kappa shape index (κ3) is 4.32. The quantitative estimate of drug-likeness (QED) is 0.697. The molecule has 0 heterocycles. The molecule has 0 aliphatic heterocycles. The summed E-state index contributed by atoms with van der Waals surface area (Å²) in [5, 5.41) is 0. The van der Waals surface area contributed by atoms with Crippen molar-refractivity contribution in [2.24, 2.45) is 5.92 Å². The molecule has 0 bridgehead atoms. The Bertz CT molecular complexity index is 410. The second-order valence-corrected chi connectivity index (χ2v) is 4.52. The molecule has 1 rings (SSSR count). The van der Waals surface area contributed by atoms with E-state index in [4.69, 9.17) is 4.74 Å². The minimum Gasteiger partial charge on any atom is -0.497 e. The number of benzene rings is 1. The first-order valence-electron chi connectivity index (χ1n) is 6.18. The van der Waals surface area contributed by atoms with Crippen LogP contribution in [0.1, 0.15) is 32.3 Å². The molecule has 18 heavy (non-hydrogen) atoms. The van der Waals surface area contributed by atoms with Crippen molar-refractivity contribution in [3.8, 4) is 5.75 Å². The number of ether oxygens (including phenoxy) is 1. The molecule has 0 saturated heterocycles. The standard InChI is InChI=1S/C15H20O3/c1-11(16)15(12(2)17)9-5-7-13-6-4-8-14(10-13)18-3/h4,6,8,10,15H,5,7,9H2,1-3H3. The molecule has 3 nitrogen and oxygen atoms in total. The fraction of sp³-hybridized carbons (Fsp3) is 0.467. The minimum absolute atomic E-state index is 0.0341. The number of carbonyl (C=O) groups excluding carboxylic acids is 2. The summed E-state index contributed by atoms with van der Waals surface area (Å²) in [6.07, 6.45) is 2.31. The number of methoxy groups -OCH3 is 1. The summed E-state index contributed by atoms with van der Waals surface area (Å²) in [6.45, 7) is 2.97. The summed E-state index contributed by atoms with van der Waals surface area (Å²) in [4.78, 5) is 22.6.